The van der Waals surface area contributed by atoms with Crippen LogP contribution in [0.25, 0.3) is 0 Å². The van der Waals surface area contributed by atoms with Crippen molar-refractivity contribution in [2.45, 2.75) is 50.7 Å². The fourth-order valence-electron chi connectivity index (χ4n) is 2.35. The van der Waals surface area contributed by atoms with Crippen molar-refractivity contribution in [3.05, 3.63) is 23.8 Å². The molecule has 1 aliphatic rings. The summed E-state index contributed by atoms with van der Waals surface area (Å²) in [5.74, 6) is -0.668. The number of benzene rings is 1. The lowest BCUT2D eigenvalue weighted by atomic mass is 9.79. The van der Waals surface area contributed by atoms with Gasteiger partial charge in [0.15, 0.2) is 9.84 Å². The third-order valence-electron chi connectivity index (χ3n) is 4.43. The van der Waals surface area contributed by atoms with Crippen molar-refractivity contribution < 1.29 is 27.3 Å². The van der Waals surface area contributed by atoms with Crippen LogP contribution in [0.4, 0.5) is 0 Å². The van der Waals surface area contributed by atoms with Gasteiger partial charge >= 0.3 is 13.1 Å². The Balaban J connectivity index is 2.47. The Morgan fingerprint density at radius 3 is 2.17 bits per heavy atom. The molecule has 1 aromatic rings. The number of hydrogen-bond donors (Lipinski definition) is 0. The van der Waals surface area contributed by atoms with E-state index >= 15 is 0 Å². The zero-order chi connectivity index (χ0) is 18.3. The van der Waals surface area contributed by atoms with Gasteiger partial charge < -0.3 is 14.0 Å². The lowest BCUT2D eigenvalue weighted by Crippen LogP contribution is -2.41. The molecule has 0 saturated carbocycles. The monoisotopic (exact) mass is 354 g/mol. The van der Waals surface area contributed by atoms with Crippen molar-refractivity contribution >= 4 is 28.4 Å². The second-order valence-electron chi connectivity index (χ2n) is 6.84. The molecule has 0 atom stereocenters. The predicted octanol–water partition coefficient (Wildman–Crippen LogP) is 1.57. The van der Waals surface area contributed by atoms with E-state index in [1.807, 2.05) is 27.7 Å². The van der Waals surface area contributed by atoms with E-state index in [1.54, 1.807) is 13.0 Å². The smallest absolute Gasteiger partial charge is 0.462 e. The number of esters is 1. The van der Waals surface area contributed by atoms with Crippen molar-refractivity contribution in [2.75, 3.05) is 12.9 Å². The number of carbonyl (C=O) groups is 1. The summed E-state index contributed by atoms with van der Waals surface area (Å²) in [7, 11) is -4.32. The van der Waals surface area contributed by atoms with E-state index in [1.165, 1.54) is 12.1 Å². The topological polar surface area (TPSA) is 78.9 Å². The average Bonchev–Trinajstić information content (AvgIpc) is 2.66. The molecule has 0 amide bonds. The number of carbonyl (C=O) groups excluding carboxylic acids is 1. The Morgan fingerprint density at radius 1 is 1.17 bits per heavy atom. The van der Waals surface area contributed by atoms with E-state index in [4.69, 9.17) is 14.0 Å². The molecule has 132 valence electrons. The van der Waals surface area contributed by atoms with Crippen molar-refractivity contribution in [3.8, 4) is 0 Å². The summed E-state index contributed by atoms with van der Waals surface area (Å²) in [6, 6.07) is 4.49. The standard InChI is InChI=1S/C16H23BO6S/c1-7-21-14(18)12-9-8-11(10-13(12)24(6,19)20)17-22-15(2,3)16(4,5)23-17/h8-10H,7H2,1-6H3. The number of rotatable bonds is 4. The molecule has 1 heterocycles. The first-order chi connectivity index (χ1) is 10.9. The molecule has 1 aliphatic heterocycles. The molecule has 0 aliphatic carbocycles. The maximum Gasteiger partial charge on any atom is 0.494 e. The van der Waals surface area contributed by atoms with Crippen LogP contribution in [-0.2, 0) is 23.9 Å². The highest BCUT2D eigenvalue weighted by atomic mass is 32.2. The molecule has 0 unspecified atom stereocenters. The highest BCUT2D eigenvalue weighted by Crippen LogP contribution is 2.36. The number of ether oxygens (including phenoxy) is 1. The minimum Gasteiger partial charge on any atom is -0.462 e. The zero-order valence-corrected chi connectivity index (χ0v) is 15.7. The van der Waals surface area contributed by atoms with E-state index in [0.717, 1.165) is 6.26 Å². The SMILES string of the molecule is CCOC(=O)c1ccc(B2OC(C)(C)C(C)(C)O2)cc1S(C)(=O)=O. The van der Waals surface area contributed by atoms with Gasteiger partial charge in [0.1, 0.15) is 0 Å². The third kappa shape index (κ3) is 3.50. The molecule has 1 saturated heterocycles. The number of sulfone groups is 1. The lowest BCUT2D eigenvalue weighted by molar-refractivity contribution is 0.00578. The van der Waals surface area contributed by atoms with Crippen molar-refractivity contribution in [2.24, 2.45) is 0 Å². The summed E-state index contributed by atoms with van der Waals surface area (Å²) in [4.78, 5) is 11.9. The van der Waals surface area contributed by atoms with Crippen LogP contribution >= 0.6 is 0 Å². The molecule has 0 N–H and O–H groups in total. The van der Waals surface area contributed by atoms with Gasteiger partial charge in [0.2, 0.25) is 0 Å². The van der Waals surface area contributed by atoms with Crippen LogP contribution in [0.5, 0.6) is 0 Å². The summed E-state index contributed by atoms with van der Waals surface area (Å²) in [5.41, 5.74) is -0.521. The quantitative estimate of drug-likeness (QED) is 0.603. The predicted molar refractivity (Wildman–Crippen MR) is 91.2 cm³/mol. The first kappa shape index (κ1) is 19.0. The highest BCUT2D eigenvalue weighted by molar-refractivity contribution is 7.90. The minimum atomic E-state index is -3.62. The summed E-state index contributed by atoms with van der Waals surface area (Å²) >= 11 is 0. The minimum absolute atomic E-state index is 0.0135. The molecule has 1 aromatic carbocycles. The molecule has 0 aromatic heterocycles. The molecule has 1 fully saturated rings. The first-order valence-corrected chi connectivity index (χ1v) is 9.65. The van der Waals surface area contributed by atoms with E-state index in [0.29, 0.717) is 5.46 Å². The Hall–Kier alpha value is -1.38. The van der Waals surface area contributed by atoms with Crippen LogP contribution in [0.2, 0.25) is 0 Å². The summed E-state index contributed by atoms with van der Waals surface area (Å²) < 4.78 is 41.0. The molecule has 8 heteroatoms. The van der Waals surface area contributed by atoms with Gasteiger partial charge in [-0.3, -0.25) is 0 Å². The van der Waals surface area contributed by atoms with E-state index in [9.17, 15) is 13.2 Å². The van der Waals surface area contributed by atoms with Crippen LogP contribution in [0.3, 0.4) is 0 Å². The van der Waals surface area contributed by atoms with Gasteiger partial charge in [-0.15, -0.1) is 0 Å². The van der Waals surface area contributed by atoms with Gasteiger partial charge in [-0.05, 0) is 52.2 Å². The lowest BCUT2D eigenvalue weighted by Gasteiger charge is -2.32. The zero-order valence-electron chi connectivity index (χ0n) is 14.9. The Bertz CT molecular complexity index is 738. The molecule has 0 radical (unpaired) electrons. The first-order valence-electron chi connectivity index (χ1n) is 7.76. The molecular formula is C16H23BO6S. The van der Waals surface area contributed by atoms with Crippen LogP contribution < -0.4 is 5.46 Å². The Labute approximate surface area is 143 Å². The summed E-state index contributed by atoms with van der Waals surface area (Å²) in [6.07, 6.45) is 1.05. The molecule has 0 bridgehead atoms. The number of hydrogen-bond acceptors (Lipinski definition) is 6. The van der Waals surface area contributed by atoms with Crippen molar-refractivity contribution in [1.82, 2.24) is 0 Å². The van der Waals surface area contributed by atoms with E-state index in [2.05, 4.69) is 0 Å². The maximum atomic E-state index is 12.1. The van der Waals surface area contributed by atoms with E-state index < -0.39 is 34.1 Å². The highest BCUT2D eigenvalue weighted by Gasteiger charge is 2.51. The van der Waals surface area contributed by atoms with Crippen LogP contribution in [0, 0.1) is 0 Å². The molecular weight excluding hydrogens is 331 g/mol. The van der Waals surface area contributed by atoms with Gasteiger partial charge in [0.25, 0.3) is 0 Å². The van der Waals surface area contributed by atoms with Gasteiger partial charge in [-0.25, -0.2) is 13.2 Å². The summed E-state index contributed by atoms with van der Waals surface area (Å²) in [6.45, 7) is 9.49. The van der Waals surface area contributed by atoms with Gasteiger partial charge in [-0.2, -0.15) is 0 Å². The van der Waals surface area contributed by atoms with Crippen LogP contribution in [0.1, 0.15) is 45.0 Å². The normalized spacial score (nSPS) is 19.3. The van der Waals surface area contributed by atoms with Crippen molar-refractivity contribution in [1.29, 1.82) is 0 Å². The maximum absolute atomic E-state index is 12.1. The van der Waals surface area contributed by atoms with Gasteiger partial charge in [0, 0.05) is 6.26 Å². The third-order valence-corrected chi connectivity index (χ3v) is 5.56. The van der Waals surface area contributed by atoms with Gasteiger partial charge in [0.05, 0.1) is 28.3 Å². The average molecular weight is 354 g/mol. The fraction of sp³-hybridized carbons (Fsp3) is 0.562. The summed E-state index contributed by atoms with van der Waals surface area (Å²) in [5, 5.41) is 0. The van der Waals surface area contributed by atoms with Crippen LogP contribution in [-0.4, -0.2) is 45.6 Å². The second-order valence-corrected chi connectivity index (χ2v) is 8.82. The van der Waals surface area contributed by atoms with E-state index in [-0.39, 0.29) is 17.1 Å². The molecule has 24 heavy (non-hydrogen) atoms. The molecule has 2 rings (SSSR count). The van der Waals surface area contributed by atoms with Crippen LogP contribution in [0.15, 0.2) is 23.1 Å². The Morgan fingerprint density at radius 2 is 1.71 bits per heavy atom. The second kappa shape index (κ2) is 6.17. The fourth-order valence-corrected chi connectivity index (χ4v) is 3.25. The van der Waals surface area contributed by atoms with Gasteiger partial charge in [-0.1, -0.05) is 6.07 Å². The largest absolute Gasteiger partial charge is 0.494 e. The molecule has 6 nitrogen and oxygen atoms in total. The molecule has 0 spiro atoms. The van der Waals surface area contributed by atoms with Crippen molar-refractivity contribution in [3.63, 3.8) is 0 Å². The Kier molecular flexibility index (Phi) is 4.87.